The van der Waals surface area contributed by atoms with E-state index in [-0.39, 0.29) is 12.5 Å². The van der Waals surface area contributed by atoms with Gasteiger partial charge in [0.1, 0.15) is 0 Å². The molecular weight excluding hydrogens is 310 g/mol. The van der Waals surface area contributed by atoms with Gasteiger partial charge in [0.05, 0.1) is 6.10 Å². The zero-order valence-corrected chi connectivity index (χ0v) is 13.6. The molecule has 0 radical (unpaired) electrons. The van der Waals surface area contributed by atoms with Crippen LogP contribution in [-0.2, 0) is 11.2 Å². The van der Waals surface area contributed by atoms with E-state index in [9.17, 15) is 9.90 Å². The largest absolute Gasteiger partial charge is 0.387 e. The molecule has 0 spiro atoms. The van der Waals surface area contributed by atoms with Gasteiger partial charge in [-0.2, -0.15) is 0 Å². The van der Waals surface area contributed by atoms with Crippen LogP contribution in [0.25, 0.3) is 0 Å². The van der Waals surface area contributed by atoms with Crippen LogP contribution in [0.5, 0.6) is 0 Å². The van der Waals surface area contributed by atoms with Crippen molar-refractivity contribution < 1.29 is 9.90 Å². The lowest BCUT2D eigenvalue weighted by Gasteiger charge is -2.15. The molecule has 0 aromatic heterocycles. The summed E-state index contributed by atoms with van der Waals surface area (Å²) in [4.78, 5) is 12.2. The van der Waals surface area contributed by atoms with E-state index in [0.717, 1.165) is 18.4 Å². The molecule has 2 aromatic rings. The fourth-order valence-electron chi connectivity index (χ4n) is 3.17. The van der Waals surface area contributed by atoms with Gasteiger partial charge in [0.25, 0.3) is 0 Å². The zero-order valence-electron chi connectivity index (χ0n) is 12.8. The predicted molar refractivity (Wildman–Crippen MR) is 91.5 cm³/mol. The molecular formula is C19H20ClNO2. The molecule has 2 unspecified atom stereocenters. The van der Waals surface area contributed by atoms with E-state index in [2.05, 4.69) is 17.4 Å². The summed E-state index contributed by atoms with van der Waals surface area (Å²) in [6.07, 6.45) is 1.82. The van der Waals surface area contributed by atoms with E-state index in [0.29, 0.717) is 17.4 Å². The summed E-state index contributed by atoms with van der Waals surface area (Å²) in [6, 6.07) is 15.3. The van der Waals surface area contributed by atoms with Crippen LogP contribution >= 0.6 is 11.6 Å². The van der Waals surface area contributed by atoms with E-state index in [1.54, 1.807) is 24.3 Å². The average Bonchev–Trinajstić information content (AvgIpc) is 2.96. The van der Waals surface area contributed by atoms with E-state index in [1.165, 1.54) is 11.1 Å². The third-order valence-corrected chi connectivity index (χ3v) is 4.69. The minimum atomic E-state index is -0.716. The lowest BCUT2D eigenvalue weighted by molar-refractivity contribution is -0.121. The van der Waals surface area contributed by atoms with Gasteiger partial charge in [-0.3, -0.25) is 4.79 Å². The minimum absolute atomic E-state index is 0.0142. The molecule has 4 heteroatoms. The number of aryl methyl sites for hydroxylation is 1. The summed E-state index contributed by atoms with van der Waals surface area (Å²) in [5.41, 5.74) is 3.40. The molecule has 1 amide bonds. The van der Waals surface area contributed by atoms with Crippen LogP contribution in [0.3, 0.4) is 0 Å². The normalized spacial score (nSPS) is 17.6. The smallest absolute Gasteiger partial charge is 0.220 e. The molecule has 0 aliphatic heterocycles. The lowest BCUT2D eigenvalue weighted by Crippen LogP contribution is -2.29. The van der Waals surface area contributed by atoms with E-state index in [1.807, 2.05) is 12.1 Å². The number of hydrogen-bond acceptors (Lipinski definition) is 2. The number of nitrogens with one attached hydrogen (secondary N) is 1. The quantitative estimate of drug-likeness (QED) is 0.880. The van der Waals surface area contributed by atoms with Gasteiger partial charge in [-0.1, -0.05) is 48.0 Å². The number of carbonyl (C=O) groups is 1. The molecule has 23 heavy (non-hydrogen) atoms. The van der Waals surface area contributed by atoms with Crippen molar-refractivity contribution in [3.8, 4) is 0 Å². The lowest BCUT2D eigenvalue weighted by atomic mass is 9.97. The Labute approximate surface area is 141 Å². The maximum atomic E-state index is 12.2. The predicted octanol–water partition coefficient (Wildman–Crippen LogP) is 3.61. The Morgan fingerprint density at radius 1 is 1.22 bits per heavy atom. The molecule has 2 N–H and O–H groups in total. The van der Waals surface area contributed by atoms with Gasteiger partial charge in [0.2, 0.25) is 5.91 Å². The number of hydrogen-bond donors (Lipinski definition) is 2. The van der Waals surface area contributed by atoms with Gasteiger partial charge < -0.3 is 10.4 Å². The number of aliphatic hydroxyl groups is 1. The molecule has 3 rings (SSSR count). The highest BCUT2D eigenvalue weighted by Gasteiger charge is 2.24. The summed E-state index contributed by atoms with van der Waals surface area (Å²) in [5.74, 6) is 0.276. The van der Waals surface area contributed by atoms with Gasteiger partial charge in [-0.15, -0.1) is 0 Å². The van der Waals surface area contributed by atoms with Crippen LogP contribution in [0.4, 0.5) is 0 Å². The van der Waals surface area contributed by atoms with Crippen LogP contribution < -0.4 is 5.32 Å². The van der Waals surface area contributed by atoms with Crippen LogP contribution in [0, 0.1) is 0 Å². The number of halogens is 1. The first-order valence-corrected chi connectivity index (χ1v) is 8.29. The molecule has 1 aliphatic carbocycles. The number of rotatable bonds is 5. The first-order valence-electron chi connectivity index (χ1n) is 7.91. The Hall–Kier alpha value is -1.84. The summed E-state index contributed by atoms with van der Waals surface area (Å²) in [6.45, 7) is 0.217. The third-order valence-electron chi connectivity index (χ3n) is 4.44. The highest BCUT2D eigenvalue weighted by atomic mass is 35.5. The zero-order chi connectivity index (χ0) is 16.2. The Balaban J connectivity index is 1.51. The Kier molecular flexibility index (Phi) is 4.99. The SMILES string of the molecule is O=C(CC1CCc2ccccc21)NCC(O)c1ccc(Cl)cc1. The standard InChI is InChI=1S/C19H20ClNO2/c20-16-9-7-14(8-10-16)18(22)12-21-19(23)11-15-6-5-13-3-1-2-4-17(13)15/h1-4,7-10,15,18,22H,5-6,11-12H2,(H,21,23). The second-order valence-corrected chi connectivity index (χ2v) is 6.45. The molecule has 1 aliphatic rings. The van der Waals surface area contributed by atoms with Crippen molar-refractivity contribution in [3.63, 3.8) is 0 Å². The van der Waals surface area contributed by atoms with Crippen molar-refractivity contribution in [1.29, 1.82) is 0 Å². The maximum absolute atomic E-state index is 12.2. The Bertz CT molecular complexity index is 684. The van der Waals surface area contributed by atoms with E-state index in [4.69, 9.17) is 11.6 Å². The van der Waals surface area contributed by atoms with Crippen LogP contribution in [0.15, 0.2) is 48.5 Å². The molecule has 2 aromatic carbocycles. The van der Waals surface area contributed by atoms with E-state index < -0.39 is 6.10 Å². The van der Waals surface area contributed by atoms with Crippen molar-refractivity contribution in [3.05, 3.63) is 70.2 Å². The number of fused-ring (bicyclic) bond motifs is 1. The van der Waals surface area contributed by atoms with Gasteiger partial charge >= 0.3 is 0 Å². The Morgan fingerprint density at radius 3 is 2.74 bits per heavy atom. The molecule has 0 heterocycles. The van der Waals surface area contributed by atoms with Gasteiger partial charge in [-0.05, 0) is 47.6 Å². The van der Waals surface area contributed by atoms with Crippen LogP contribution in [0.2, 0.25) is 5.02 Å². The molecule has 0 fully saturated rings. The molecule has 0 saturated carbocycles. The van der Waals surface area contributed by atoms with E-state index >= 15 is 0 Å². The molecule has 0 bridgehead atoms. The van der Waals surface area contributed by atoms with Crippen LogP contribution in [0.1, 0.15) is 41.6 Å². The maximum Gasteiger partial charge on any atom is 0.220 e. The second kappa shape index (κ2) is 7.16. The number of aliphatic hydroxyl groups excluding tert-OH is 1. The number of amides is 1. The summed E-state index contributed by atoms with van der Waals surface area (Å²) in [7, 11) is 0. The van der Waals surface area contributed by atoms with Crippen molar-refractivity contribution in [2.45, 2.75) is 31.3 Å². The van der Waals surface area contributed by atoms with Crippen molar-refractivity contribution in [2.24, 2.45) is 0 Å². The number of carbonyl (C=O) groups excluding carboxylic acids is 1. The first kappa shape index (κ1) is 16.0. The fraction of sp³-hybridized carbons (Fsp3) is 0.316. The first-order chi connectivity index (χ1) is 11.1. The summed E-state index contributed by atoms with van der Waals surface area (Å²) >= 11 is 5.83. The Morgan fingerprint density at radius 2 is 1.96 bits per heavy atom. The molecule has 0 saturated heterocycles. The summed E-state index contributed by atoms with van der Waals surface area (Å²) < 4.78 is 0. The minimum Gasteiger partial charge on any atom is -0.387 e. The number of benzene rings is 2. The fourth-order valence-corrected chi connectivity index (χ4v) is 3.29. The van der Waals surface area contributed by atoms with Crippen molar-refractivity contribution in [1.82, 2.24) is 5.32 Å². The van der Waals surface area contributed by atoms with Crippen molar-refractivity contribution in [2.75, 3.05) is 6.54 Å². The highest BCUT2D eigenvalue weighted by molar-refractivity contribution is 6.30. The molecule has 2 atom stereocenters. The molecule has 3 nitrogen and oxygen atoms in total. The average molecular weight is 330 g/mol. The second-order valence-electron chi connectivity index (χ2n) is 6.01. The third kappa shape index (κ3) is 3.92. The topological polar surface area (TPSA) is 49.3 Å². The highest BCUT2D eigenvalue weighted by Crippen LogP contribution is 2.35. The van der Waals surface area contributed by atoms with Gasteiger partial charge in [-0.25, -0.2) is 0 Å². The summed E-state index contributed by atoms with van der Waals surface area (Å²) in [5, 5.41) is 13.6. The van der Waals surface area contributed by atoms with Crippen molar-refractivity contribution >= 4 is 17.5 Å². The van der Waals surface area contributed by atoms with Gasteiger partial charge in [0, 0.05) is 18.0 Å². The monoisotopic (exact) mass is 329 g/mol. The molecule has 120 valence electrons. The van der Waals surface area contributed by atoms with Gasteiger partial charge in [0.15, 0.2) is 0 Å². The van der Waals surface area contributed by atoms with Crippen LogP contribution in [-0.4, -0.2) is 17.6 Å².